The molecule has 1 aromatic rings. The lowest BCUT2D eigenvalue weighted by atomic mass is 9.86. The molecule has 1 atom stereocenters. The number of likely N-dealkylation sites (tertiary alicyclic amines) is 1. The summed E-state index contributed by atoms with van der Waals surface area (Å²) >= 11 is 0. The summed E-state index contributed by atoms with van der Waals surface area (Å²) < 4.78 is 0. The maximum absolute atomic E-state index is 12.4. The maximum atomic E-state index is 12.4. The van der Waals surface area contributed by atoms with E-state index >= 15 is 0 Å². The van der Waals surface area contributed by atoms with Crippen LogP contribution in [0, 0.1) is 0 Å². The van der Waals surface area contributed by atoms with E-state index in [0.717, 1.165) is 39.0 Å². The molecular formula is C18H26N6O2. The van der Waals surface area contributed by atoms with Crippen molar-refractivity contribution < 1.29 is 9.59 Å². The zero-order valence-corrected chi connectivity index (χ0v) is 15.2. The minimum Gasteiger partial charge on any atom is -0.364 e. The Labute approximate surface area is 153 Å². The van der Waals surface area contributed by atoms with Gasteiger partial charge >= 0.3 is 0 Å². The zero-order valence-electron chi connectivity index (χ0n) is 15.2. The van der Waals surface area contributed by atoms with Crippen LogP contribution in [0.5, 0.6) is 0 Å². The van der Waals surface area contributed by atoms with Gasteiger partial charge < -0.3 is 15.5 Å². The number of hydrogen-bond donors (Lipinski definition) is 1. The average Bonchev–Trinajstić information content (AvgIpc) is 2.79. The van der Waals surface area contributed by atoms with Crippen molar-refractivity contribution in [2.24, 2.45) is 5.73 Å². The average molecular weight is 358 g/mol. The number of nitrogens with zero attached hydrogens (tertiary/aromatic N) is 5. The molecule has 140 valence electrons. The molecule has 0 aliphatic carbocycles. The number of amides is 2. The van der Waals surface area contributed by atoms with Crippen LogP contribution in [0.25, 0.3) is 0 Å². The summed E-state index contributed by atoms with van der Waals surface area (Å²) in [6, 6.07) is 0. The second-order valence-electron chi connectivity index (χ2n) is 7.07. The molecule has 1 spiro atoms. The molecule has 2 fully saturated rings. The van der Waals surface area contributed by atoms with Crippen LogP contribution in [-0.2, 0) is 4.79 Å². The quantitative estimate of drug-likeness (QED) is 0.776. The molecule has 1 aromatic heterocycles. The highest BCUT2D eigenvalue weighted by molar-refractivity contribution is 5.90. The van der Waals surface area contributed by atoms with E-state index in [0.29, 0.717) is 18.8 Å². The van der Waals surface area contributed by atoms with E-state index in [1.54, 1.807) is 12.3 Å². The van der Waals surface area contributed by atoms with Crippen LogP contribution in [0.3, 0.4) is 0 Å². The molecule has 3 heterocycles. The molecule has 0 radical (unpaired) electrons. The molecule has 0 saturated carbocycles. The topological polar surface area (TPSA) is 95.7 Å². The molecule has 0 aromatic carbocycles. The van der Waals surface area contributed by atoms with Crippen molar-refractivity contribution in [3.05, 3.63) is 30.7 Å². The number of carbonyl (C=O) groups excluding carboxylic acids is 2. The van der Waals surface area contributed by atoms with Crippen LogP contribution in [0.1, 0.15) is 29.8 Å². The molecular weight excluding hydrogens is 332 g/mol. The predicted octanol–water partition coefficient (Wildman–Crippen LogP) is 0.265. The predicted molar refractivity (Wildman–Crippen MR) is 98.8 cm³/mol. The first-order valence-corrected chi connectivity index (χ1v) is 8.92. The third-order valence-corrected chi connectivity index (χ3v) is 5.55. The standard InChI is InChI=1S/C18H26N6O2/c1-3-7-23-8-6-18(5-4-16(23)25)13-24(10-9-22(18)2)15-12-20-11-14(21-15)17(19)26/h3,11-12H,1,4-10,13H2,2H3,(H2,19,26)/t18-/m0/s1. The molecule has 3 rings (SSSR count). The molecule has 2 N–H and O–H groups in total. The third kappa shape index (κ3) is 3.55. The SMILES string of the molecule is C=CCN1CC[C@@]2(CCC1=O)CN(c1cncc(C(N)=O)n1)CCN2C. The van der Waals surface area contributed by atoms with Gasteiger partial charge in [-0.3, -0.25) is 19.5 Å². The number of anilines is 1. The van der Waals surface area contributed by atoms with E-state index < -0.39 is 5.91 Å². The Balaban J connectivity index is 1.81. The Morgan fingerprint density at radius 2 is 2.15 bits per heavy atom. The van der Waals surface area contributed by atoms with Crippen LogP contribution >= 0.6 is 0 Å². The summed E-state index contributed by atoms with van der Waals surface area (Å²) in [6.45, 7) is 7.45. The highest BCUT2D eigenvalue weighted by Gasteiger charge is 2.42. The summed E-state index contributed by atoms with van der Waals surface area (Å²) in [7, 11) is 2.12. The Morgan fingerprint density at radius 3 is 2.88 bits per heavy atom. The van der Waals surface area contributed by atoms with Crippen LogP contribution in [-0.4, -0.2) is 76.9 Å². The Hall–Kier alpha value is -2.48. The summed E-state index contributed by atoms with van der Waals surface area (Å²) in [5, 5.41) is 0. The minimum absolute atomic E-state index is 0.103. The lowest BCUT2D eigenvalue weighted by Crippen LogP contribution is -2.61. The minimum atomic E-state index is -0.580. The van der Waals surface area contributed by atoms with Gasteiger partial charge in [-0.15, -0.1) is 6.58 Å². The van der Waals surface area contributed by atoms with Crippen molar-refractivity contribution in [3.63, 3.8) is 0 Å². The summed E-state index contributed by atoms with van der Waals surface area (Å²) in [4.78, 5) is 38.6. The number of carbonyl (C=O) groups is 2. The number of likely N-dealkylation sites (N-methyl/N-ethyl adjacent to an activating group) is 1. The van der Waals surface area contributed by atoms with Crippen molar-refractivity contribution in [2.45, 2.75) is 24.8 Å². The molecule has 2 amide bonds. The van der Waals surface area contributed by atoms with Crippen molar-refractivity contribution in [3.8, 4) is 0 Å². The Morgan fingerprint density at radius 1 is 1.35 bits per heavy atom. The van der Waals surface area contributed by atoms with Crippen LogP contribution in [0.15, 0.2) is 25.0 Å². The summed E-state index contributed by atoms with van der Waals surface area (Å²) in [5.74, 6) is 0.262. The monoisotopic (exact) mass is 358 g/mol. The summed E-state index contributed by atoms with van der Waals surface area (Å²) in [5.41, 5.74) is 5.40. The van der Waals surface area contributed by atoms with Gasteiger partial charge in [-0.25, -0.2) is 4.98 Å². The zero-order chi connectivity index (χ0) is 18.7. The van der Waals surface area contributed by atoms with E-state index in [9.17, 15) is 9.59 Å². The van der Waals surface area contributed by atoms with E-state index in [-0.39, 0.29) is 17.1 Å². The van der Waals surface area contributed by atoms with Gasteiger partial charge in [0.2, 0.25) is 5.91 Å². The molecule has 8 heteroatoms. The van der Waals surface area contributed by atoms with E-state index in [2.05, 4.69) is 33.4 Å². The van der Waals surface area contributed by atoms with Gasteiger partial charge in [0.15, 0.2) is 0 Å². The van der Waals surface area contributed by atoms with E-state index in [1.807, 2.05) is 4.90 Å². The highest BCUT2D eigenvalue weighted by Crippen LogP contribution is 2.33. The molecule has 2 aliphatic heterocycles. The van der Waals surface area contributed by atoms with Gasteiger partial charge in [-0.05, 0) is 19.9 Å². The summed E-state index contributed by atoms with van der Waals surface area (Å²) in [6.07, 6.45) is 7.04. The van der Waals surface area contributed by atoms with Crippen LogP contribution in [0.4, 0.5) is 5.82 Å². The number of rotatable bonds is 4. The van der Waals surface area contributed by atoms with Crippen molar-refractivity contribution in [2.75, 3.05) is 44.7 Å². The normalized spacial score (nSPS) is 24.6. The fraction of sp³-hybridized carbons (Fsp3) is 0.556. The Kier molecular flexibility index (Phi) is 5.22. The number of piperazine rings is 1. The first-order valence-electron chi connectivity index (χ1n) is 8.92. The maximum Gasteiger partial charge on any atom is 0.268 e. The fourth-order valence-electron chi connectivity index (χ4n) is 3.86. The Bertz CT molecular complexity index is 709. The number of primary amides is 1. The van der Waals surface area contributed by atoms with E-state index in [1.165, 1.54) is 6.20 Å². The van der Waals surface area contributed by atoms with Gasteiger partial charge in [-0.1, -0.05) is 6.08 Å². The third-order valence-electron chi connectivity index (χ3n) is 5.55. The smallest absolute Gasteiger partial charge is 0.268 e. The second-order valence-corrected chi connectivity index (χ2v) is 7.07. The molecule has 0 bridgehead atoms. The van der Waals surface area contributed by atoms with Gasteiger partial charge in [0.1, 0.15) is 11.5 Å². The molecule has 8 nitrogen and oxygen atoms in total. The molecule has 0 unspecified atom stereocenters. The van der Waals surface area contributed by atoms with Crippen molar-refractivity contribution in [1.29, 1.82) is 0 Å². The van der Waals surface area contributed by atoms with Gasteiger partial charge in [0, 0.05) is 44.7 Å². The first kappa shape index (κ1) is 18.3. The molecule has 26 heavy (non-hydrogen) atoms. The lowest BCUT2D eigenvalue weighted by molar-refractivity contribution is -0.130. The largest absolute Gasteiger partial charge is 0.364 e. The fourth-order valence-corrected chi connectivity index (χ4v) is 3.86. The van der Waals surface area contributed by atoms with Crippen molar-refractivity contribution in [1.82, 2.24) is 19.8 Å². The highest BCUT2D eigenvalue weighted by atomic mass is 16.2. The van der Waals surface area contributed by atoms with Gasteiger partial charge in [-0.2, -0.15) is 0 Å². The first-order chi connectivity index (χ1) is 12.4. The van der Waals surface area contributed by atoms with Gasteiger partial charge in [0.05, 0.1) is 12.4 Å². The van der Waals surface area contributed by atoms with E-state index in [4.69, 9.17) is 5.73 Å². The second kappa shape index (κ2) is 7.41. The van der Waals surface area contributed by atoms with Gasteiger partial charge in [0.25, 0.3) is 5.91 Å². The van der Waals surface area contributed by atoms with Crippen molar-refractivity contribution >= 4 is 17.6 Å². The van der Waals surface area contributed by atoms with Crippen LogP contribution in [0.2, 0.25) is 0 Å². The van der Waals surface area contributed by atoms with Crippen LogP contribution < -0.4 is 10.6 Å². The number of aromatic nitrogens is 2. The lowest BCUT2D eigenvalue weighted by Gasteiger charge is -2.49. The number of hydrogen-bond acceptors (Lipinski definition) is 6. The molecule has 2 saturated heterocycles. The number of nitrogens with two attached hydrogens (primary N) is 1. The molecule has 2 aliphatic rings.